The van der Waals surface area contributed by atoms with Gasteiger partial charge in [-0.05, 0) is 63.2 Å². The Labute approximate surface area is 238 Å². The number of carbonyl (C=O) groups is 2. The normalized spacial score (nSPS) is 12.1. The number of amides is 1. The maximum Gasteiger partial charge on any atom is 0.338 e. The Kier molecular flexibility index (Phi) is 8.26. The minimum absolute atomic E-state index is 0.0893. The first-order valence-electron chi connectivity index (χ1n) is 11.8. The van der Waals surface area contributed by atoms with Gasteiger partial charge >= 0.3 is 5.97 Å². The molecule has 40 heavy (non-hydrogen) atoms. The lowest BCUT2D eigenvalue weighted by Gasteiger charge is -2.19. The molecule has 1 atom stereocenters. The van der Waals surface area contributed by atoms with Crippen molar-refractivity contribution in [2.24, 2.45) is 0 Å². The monoisotopic (exact) mass is 587 g/mol. The average Bonchev–Trinajstić information content (AvgIpc) is 3.33. The van der Waals surface area contributed by atoms with E-state index in [0.717, 1.165) is 12.3 Å². The molecule has 0 saturated heterocycles. The third kappa shape index (κ3) is 6.49. The minimum atomic E-state index is -2.39. The summed E-state index contributed by atoms with van der Waals surface area (Å²) in [5, 5.41) is 10.6. The van der Waals surface area contributed by atoms with Gasteiger partial charge in [0.15, 0.2) is 5.15 Å². The van der Waals surface area contributed by atoms with Gasteiger partial charge in [0.1, 0.15) is 11.4 Å². The van der Waals surface area contributed by atoms with Gasteiger partial charge in [0, 0.05) is 27.9 Å². The van der Waals surface area contributed by atoms with Crippen molar-refractivity contribution in [1.29, 1.82) is 0 Å². The molecule has 0 spiro atoms. The molecular weight excluding hydrogens is 564 g/mol. The molecular formula is C27H24Cl2FN5O5. The molecule has 4 aromatic rings. The maximum atomic E-state index is 15.3. The number of esters is 1. The van der Waals surface area contributed by atoms with Gasteiger partial charge in [0.05, 0.1) is 30.8 Å². The van der Waals surface area contributed by atoms with E-state index in [1.807, 2.05) is 0 Å². The number of hydrogen-bond acceptors (Lipinski definition) is 7. The van der Waals surface area contributed by atoms with Crippen molar-refractivity contribution in [3.63, 3.8) is 0 Å². The third-order valence-corrected chi connectivity index (χ3v) is 5.88. The molecule has 0 saturated carbocycles. The fourth-order valence-electron chi connectivity index (χ4n) is 3.72. The quantitative estimate of drug-likeness (QED) is 0.285. The molecule has 208 valence electrons. The molecule has 0 aliphatic rings. The lowest BCUT2D eigenvalue weighted by atomic mass is 10.0. The zero-order valence-corrected chi connectivity index (χ0v) is 23.3. The number of methoxy groups -OCH3 is 1. The summed E-state index contributed by atoms with van der Waals surface area (Å²) >= 11 is 12.1. The van der Waals surface area contributed by atoms with Crippen LogP contribution in [0.4, 0.5) is 10.1 Å². The van der Waals surface area contributed by atoms with Gasteiger partial charge in [-0.3, -0.25) is 14.2 Å². The van der Waals surface area contributed by atoms with Crippen LogP contribution in [0.25, 0.3) is 16.8 Å². The minimum Gasteiger partial charge on any atom is -0.495 e. The Balaban J connectivity index is 1.60. The van der Waals surface area contributed by atoms with Crippen LogP contribution < -0.4 is 15.6 Å². The number of ether oxygens (including phenoxy) is 2. The summed E-state index contributed by atoms with van der Waals surface area (Å²) in [5.74, 6) is -1.56. The van der Waals surface area contributed by atoms with Crippen LogP contribution in [0.5, 0.6) is 5.75 Å². The number of nitrogens with one attached hydrogen (secondary N) is 1. The first-order valence-corrected chi connectivity index (χ1v) is 12.6. The molecule has 1 amide bonds. The number of anilines is 1. The summed E-state index contributed by atoms with van der Waals surface area (Å²) in [6.07, 6.45) is 0.158. The average molecular weight is 588 g/mol. The highest BCUT2D eigenvalue weighted by molar-refractivity contribution is 6.31. The van der Waals surface area contributed by atoms with Crippen molar-refractivity contribution in [3.8, 4) is 22.6 Å². The molecule has 0 fully saturated rings. The van der Waals surface area contributed by atoms with E-state index in [-0.39, 0.29) is 27.7 Å². The number of carbonyl (C=O) groups excluding carboxylic acids is 2. The number of pyridine rings is 1. The molecule has 1 N–H and O–H groups in total. The Bertz CT molecular complexity index is 1630. The van der Waals surface area contributed by atoms with E-state index in [1.54, 1.807) is 39.0 Å². The fourth-order valence-corrected chi connectivity index (χ4v) is 4.02. The zero-order valence-electron chi connectivity index (χ0n) is 21.8. The summed E-state index contributed by atoms with van der Waals surface area (Å²) in [4.78, 5) is 37.9. The molecule has 0 radical (unpaired) electrons. The number of nitrogens with zero attached hydrogens (tertiary/aromatic N) is 4. The van der Waals surface area contributed by atoms with Gasteiger partial charge in [0.25, 0.3) is 17.8 Å². The lowest BCUT2D eigenvalue weighted by Crippen LogP contribution is -2.30. The van der Waals surface area contributed by atoms with Crippen molar-refractivity contribution in [1.82, 2.24) is 19.6 Å². The van der Waals surface area contributed by atoms with E-state index in [4.69, 9.17) is 32.7 Å². The molecule has 2 aromatic carbocycles. The van der Waals surface area contributed by atoms with Crippen LogP contribution in [0, 0.1) is 0 Å². The van der Waals surface area contributed by atoms with Crippen LogP contribution in [0.1, 0.15) is 37.4 Å². The van der Waals surface area contributed by atoms with Gasteiger partial charge in [0.2, 0.25) is 0 Å². The van der Waals surface area contributed by atoms with Crippen LogP contribution in [-0.4, -0.2) is 44.1 Å². The predicted molar refractivity (Wildman–Crippen MR) is 148 cm³/mol. The highest BCUT2D eigenvalue weighted by Gasteiger charge is 2.24. The van der Waals surface area contributed by atoms with E-state index in [0.29, 0.717) is 20.8 Å². The molecule has 1 unspecified atom stereocenters. The van der Waals surface area contributed by atoms with Crippen LogP contribution >= 0.6 is 23.2 Å². The predicted octanol–water partition coefficient (Wildman–Crippen LogP) is 5.47. The van der Waals surface area contributed by atoms with E-state index in [2.05, 4.69) is 15.6 Å². The molecule has 4 rings (SSSR count). The second-order valence-electron chi connectivity index (χ2n) is 9.55. The second kappa shape index (κ2) is 11.5. The maximum absolute atomic E-state index is 15.3. The summed E-state index contributed by atoms with van der Waals surface area (Å²) in [6.45, 7) is 5.22. The summed E-state index contributed by atoms with van der Waals surface area (Å²) in [6, 6.07) is 11.7. The van der Waals surface area contributed by atoms with Gasteiger partial charge in [-0.25, -0.2) is 13.9 Å². The first-order chi connectivity index (χ1) is 18.9. The number of halogens is 3. The molecule has 0 bridgehead atoms. The van der Waals surface area contributed by atoms with Crippen LogP contribution in [0.2, 0.25) is 10.2 Å². The summed E-state index contributed by atoms with van der Waals surface area (Å²) in [7, 11) is 1.34. The van der Waals surface area contributed by atoms with Gasteiger partial charge < -0.3 is 14.8 Å². The molecule has 2 aromatic heterocycles. The van der Waals surface area contributed by atoms with Crippen molar-refractivity contribution >= 4 is 40.8 Å². The lowest BCUT2D eigenvalue weighted by molar-refractivity contribution is -0.123. The highest BCUT2D eigenvalue weighted by Crippen LogP contribution is 2.35. The second-order valence-corrected chi connectivity index (χ2v) is 10.4. The van der Waals surface area contributed by atoms with Gasteiger partial charge in [-0.15, -0.1) is 5.10 Å². The number of alkyl halides is 1. The van der Waals surface area contributed by atoms with Crippen LogP contribution in [0.15, 0.2) is 65.7 Å². The molecule has 0 aliphatic heterocycles. The van der Waals surface area contributed by atoms with Crippen molar-refractivity contribution in [2.75, 3.05) is 12.4 Å². The van der Waals surface area contributed by atoms with E-state index in [9.17, 15) is 14.4 Å². The zero-order chi connectivity index (χ0) is 29.2. The highest BCUT2D eigenvalue weighted by atomic mass is 35.5. The van der Waals surface area contributed by atoms with Crippen molar-refractivity contribution in [2.45, 2.75) is 32.7 Å². The summed E-state index contributed by atoms with van der Waals surface area (Å²) in [5.41, 5.74) is 0.165. The van der Waals surface area contributed by atoms with Crippen molar-refractivity contribution < 1.29 is 23.5 Å². The SMILES string of the molecule is COc1cn(C(F)C(=O)Nc2ccc(C(=O)OC(C)(C)C)cc2)c(=O)cc1-c1cc(Cl)ccc1-n1cc(Cl)nn1. The molecule has 10 nitrogen and oxygen atoms in total. The number of benzene rings is 2. The number of hydrogen-bond donors (Lipinski definition) is 1. The van der Waals surface area contributed by atoms with E-state index >= 15 is 4.39 Å². The molecule has 0 aliphatic carbocycles. The fraction of sp³-hybridized carbons (Fsp3) is 0.222. The molecule has 2 heterocycles. The van der Waals surface area contributed by atoms with Crippen molar-refractivity contribution in [3.05, 3.63) is 87.0 Å². The Morgan fingerprint density at radius 3 is 2.33 bits per heavy atom. The third-order valence-electron chi connectivity index (χ3n) is 5.47. The van der Waals surface area contributed by atoms with Gasteiger partial charge in [-0.2, -0.15) is 0 Å². The van der Waals surface area contributed by atoms with E-state index in [1.165, 1.54) is 42.3 Å². The topological polar surface area (TPSA) is 117 Å². The number of aromatic nitrogens is 4. The Morgan fingerprint density at radius 1 is 1.02 bits per heavy atom. The largest absolute Gasteiger partial charge is 0.495 e. The standard InChI is InChI=1S/C27H24Cl2FN5O5/c1-27(2,3)40-26(38)15-5-8-17(9-6-15)31-25(37)24(30)34-13-21(39-4)19(12-23(34)36)18-11-16(28)7-10-20(18)35-14-22(29)32-33-35/h5-14,24H,1-4H3,(H,31,37). The molecule has 13 heteroatoms. The summed E-state index contributed by atoms with van der Waals surface area (Å²) < 4.78 is 28.0. The Morgan fingerprint density at radius 2 is 1.73 bits per heavy atom. The smallest absolute Gasteiger partial charge is 0.338 e. The first kappa shape index (κ1) is 28.8. The number of rotatable bonds is 7. The van der Waals surface area contributed by atoms with E-state index < -0.39 is 29.3 Å². The Hall–Kier alpha value is -4.22. The van der Waals surface area contributed by atoms with Gasteiger partial charge in [-0.1, -0.05) is 28.4 Å². The van der Waals surface area contributed by atoms with Crippen LogP contribution in [-0.2, 0) is 9.53 Å². The van der Waals surface area contributed by atoms with Crippen LogP contribution in [0.3, 0.4) is 0 Å².